The van der Waals surface area contributed by atoms with Crippen LogP contribution >= 0.6 is 22.9 Å². The second-order valence-corrected chi connectivity index (χ2v) is 8.09. The zero-order chi connectivity index (χ0) is 19.0. The fraction of sp³-hybridized carbons (Fsp3) is 0.500. The van der Waals surface area contributed by atoms with Gasteiger partial charge in [0.2, 0.25) is 0 Å². The maximum Gasteiger partial charge on any atom is 0.341 e. The summed E-state index contributed by atoms with van der Waals surface area (Å²) in [5, 5.41) is 7.85. The zero-order valence-corrected chi connectivity index (χ0v) is 16.9. The quantitative estimate of drug-likeness (QED) is 0.794. The van der Waals surface area contributed by atoms with E-state index < -0.39 is 11.9 Å². The van der Waals surface area contributed by atoms with E-state index in [1.54, 1.807) is 25.6 Å². The molecule has 0 bridgehead atoms. The van der Waals surface area contributed by atoms with Crippen molar-refractivity contribution >= 4 is 39.8 Å². The molecule has 1 N–H and O–H groups in total. The van der Waals surface area contributed by atoms with E-state index in [9.17, 15) is 9.59 Å². The first-order valence-electron chi connectivity index (χ1n) is 8.65. The van der Waals surface area contributed by atoms with Crippen LogP contribution in [0.25, 0.3) is 0 Å². The molecule has 0 aliphatic heterocycles. The van der Waals surface area contributed by atoms with E-state index >= 15 is 0 Å². The smallest absolute Gasteiger partial charge is 0.341 e. The molecule has 0 saturated carbocycles. The van der Waals surface area contributed by atoms with Gasteiger partial charge in [0.1, 0.15) is 5.00 Å². The molecule has 1 aliphatic carbocycles. The lowest BCUT2D eigenvalue weighted by molar-refractivity contribution is 0.0526. The number of aryl methyl sites for hydroxylation is 1. The predicted molar refractivity (Wildman–Crippen MR) is 102 cm³/mol. The maximum atomic E-state index is 12.7. The van der Waals surface area contributed by atoms with E-state index in [2.05, 4.69) is 17.3 Å². The molecule has 2 heterocycles. The average Bonchev–Trinajstić information content (AvgIpc) is 3.06. The molecule has 140 valence electrons. The highest BCUT2D eigenvalue weighted by Gasteiger charge is 2.30. The zero-order valence-electron chi connectivity index (χ0n) is 15.3. The molecule has 6 nitrogen and oxygen atoms in total. The monoisotopic (exact) mass is 395 g/mol. The number of anilines is 1. The number of hydrogen-bond donors (Lipinski definition) is 1. The summed E-state index contributed by atoms with van der Waals surface area (Å²) in [4.78, 5) is 26.3. The summed E-state index contributed by atoms with van der Waals surface area (Å²) in [6, 6.07) is 0. The van der Waals surface area contributed by atoms with Crippen molar-refractivity contribution in [3.05, 3.63) is 32.4 Å². The number of fused-ring (bicyclic) bond motifs is 1. The van der Waals surface area contributed by atoms with Gasteiger partial charge in [0.25, 0.3) is 5.91 Å². The molecule has 0 aromatic carbocycles. The molecule has 0 spiro atoms. The van der Waals surface area contributed by atoms with Gasteiger partial charge < -0.3 is 10.1 Å². The van der Waals surface area contributed by atoms with Crippen LogP contribution in [-0.4, -0.2) is 28.3 Å². The van der Waals surface area contributed by atoms with E-state index in [0.717, 1.165) is 29.7 Å². The standard InChI is InChI=1S/C18H22ClN3O3S/c1-5-25-18(24)13-11-7-6-9(2)8-12(11)26-17(13)20-16(23)15-14(19)10(3)22(4)21-15/h9H,5-8H2,1-4H3,(H,20,23)/t9-/m1/s1. The van der Waals surface area contributed by atoms with E-state index in [-0.39, 0.29) is 5.69 Å². The van der Waals surface area contributed by atoms with Crippen LogP contribution < -0.4 is 5.32 Å². The molecule has 0 radical (unpaired) electrons. The summed E-state index contributed by atoms with van der Waals surface area (Å²) in [6.45, 7) is 6.05. The molecule has 1 amide bonds. The molecule has 2 aromatic heterocycles. The van der Waals surface area contributed by atoms with E-state index in [1.165, 1.54) is 11.3 Å². The maximum absolute atomic E-state index is 12.7. The molecule has 0 unspecified atom stereocenters. The third-order valence-corrected chi connectivity index (χ3v) is 6.32. The van der Waals surface area contributed by atoms with Gasteiger partial charge in [-0.25, -0.2) is 4.79 Å². The minimum atomic E-state index is -0.420. The molecule has 0 saturated heterocycles. The summed E-state index contributed by atoms with van der Waals surface area (Å²) in [5.41, 5.74) is 2.35. The number of nitrogens with one attached hydrogen (secondary N) is 1. The van der Waals surface area contributed by atoms with Gasteiger partial charge in [-0.2, -0.15) is 5.10 Å². The van der Waals surface area contributed by atoms with Crippen LogP contribution in [-0.2, 0) is 24.6 Å². The van der Waals surface area contributed by atoms with Crippen molar-refractivity contribution in [2.75, 3.05) is 11.9 Å². The van der Waals surface area contributed by atoms with E-state index in [1.807, 2.05) is 0 Å². The molecular weight excluding hydrogens is 374 g/mol. The lowest BCUT2D eigenvalue weighted by atomic mass is 9.88. The third kappa shape index (κ3) is 3.38. The number of ether oxygens (including phenoxy) is 1. The lowest BCUT2D eigenvalue weighted by Crippen LogP contribution is -2.17. The first-order valence-corrected chi connectivity index (χ1v) is 9.85. The van der Waals surface area contributed by atoms with Crippen LogP contribution in [0, 0.1) is 12.8 Å². The SMILES string of the molecule is CCOC(=O)c1c(NC(=O)c2nn(C)c(C)c2Cl)sc2c1CC[C@@H](C)C2. The fourth-order valence-electron chi connectivity index (χ4n) is 3.15. The van der Waals surface area contributed by atoms with Crippen molar-refractivity contribution in [1.82, 2.24) is 9.78 Å². The fourth-order valence-corrected chi connectivity index (χ4v) is 4.79. The number of hydrogen-bond acceptors (Lipinski definition) is 5. The normalized spacial score (nSPS) is 16.3. The highest BCUT2D eigenvalue weighted by Crippen LogP contribution is 2.40. The minimum absolute atomic E-state index is 0.154. The second kappa shape index (κ2) is 7.40. The Morgan fingerprint density at radius 3 is 2.81 bits per heavy atom. The van der Waals surface area contributed by atoms with Crippen molar-refractivity contribution < 1.29 is 14.3 Å². The van der Waals surface area contributed by atoms with Gasteiger partial charge in [0.15, 0.2) is 5.69 Å². The van der Waals surface area contributed by atoms with Gasteiger partial charge in [0.05, 0.1) is 22.9 Å². The molecule has 3 rings (SSSR count). The molecule has 0 fully saturated rings. The predicted octanol–water partition coefficient (Wildman–Crippen LogP) is 4.00. The van der Waals surface area contributed by atoms with E-state index in [0.29, 0.717) is 33.8 Å². The summed E-state index contributed by atoms with van der Waals surface area (Å²) >= 11 is 7.66. The van der Waals surface area contributed by atoms with Gasteiger partial charge in [-0.3, -0.25) is 9.48 Å². The number of rotatable bonds is 4. The van der Waals surface area contributed by atoms with Crippen LogP contribution in [0.2, 0.25) is 5.02 Å². The summed E-state index contributed by atoms with van der Waals surface area (Å²) in [6.07, 6.45) is 2.75. The lowest BCUT2D eigenvalue weighted by Gasteiger charge is -2.18. The Morgan fingerprint density at radius 2 is 2.19 bits per heavy atom. The largest absolute Gasteiger partial charge is 0.462 e. The van der Waals surface area contributed by atoms with Gasteiger partial charge >= 0.3 is 5.97 Å². The molecule has 1 atom stereocenters. The number of esters is 1. The Balaban J connectivity index is 1.97. The van der Waals surface area contributed by atoms with E-state index in [4.69, 9.17) is 16.3 Å². The van der Waals surface area contributed by atoms with Crippen molar-refractivity contribution in [3.8, 4) is 0 Å². The van der Waals surface area contributed by atoms with Gasteiger partial charge in [-0.05, 0) is 44.6 Å². The number of carbonyl (C=O) groups is 2. The summed E-state index contributed by atoms with van der Waals surface area (Å²) in [5.74, 6) is -0.248. The van der Waals surface area contributed by atoms with Gasteiger partial charge in [-0.1, -0.05) is 18.5 Å². The van der Waals surface area contributed by atoms with Crippen molar-refractivity contribution in [3.63, 3.8) is 0 Å². The average molecular weight is 396 g/mol. The van der Waals surface area contributed by atoms with Gasteiger partial charge in [0, 0.05) is 11.9 Å². The topological polar surface area (TPSA) is 73.2 Å². The van der Waals surface area contributed by atoms with Crippen LogP contribution in [0.3, 0.4) is 0 Å². The van der Waals surface area contributed by atoms with Crippen LogP contribution in [0.4, 0.5) is 5.00 Å². The summed E-state index contributed by atoms with van der Waals surface area (Å²) < 4.78 is 6.78. The van der Waals surface area contributed by atoms with Crippen molar-refractivity contribution in [1.29, 1.82) is 0 Å². The number of halogens is 1. The highest BCUT2D eigenvalue weighted by molar-refractivity contribution is 7.17. The third-order valence-electron chi connectivity index (χ3n) is 4.69. The minimum Gasteiger partial charge on any atom is -0.462 e. The first-order chi connectivity index (χ1) is 12.3. The molecule has 8 heteroatoms. The van der Waals surface area contributed by atoms with Crippen molar-refractivity contribution in [2.24, 2.45) is 13.0 Å². The molecule has 2 aromatic rings. The summed E-state index contributed by atoms with van der Waals surface area (Å²) in [7, 11) is 1.73. The molecule has 26 heavy (non-hydrogen) atoms. The Bertz CT molecular complexity index is 872. The van der Waals surface area contributed by atoms with Crippen LogP contribution in [0.15, 0.2) is 0 Å². The number of nitrogens with zero attached hydrogens (tertiary/aromatic N) is 2. The number of thiophene rings is 1. The molecule has 1 aliphatic rings. The van der Waals surface area contributed by atoms with Gasteiger partial charge in [-0.15, -0.1) is 11.3 Å². The second-order valence-electron chi connectivity index (χ2n) is 6.60. The Hall–Kier alpha value is -1.86. The first kappa shape index (κ1) is 18.9. The Labute approximate surface area is 161 Å². The van der Waals surface area contributed by atoms with Crippen LogP contribution in [0.5, 0.6) is 0 Å². The number of amides is 1. The van der Waals surface area contributed by atoms with Crippen molar-refractivity contribution in [2.45, 2.75) is 40.0 Å². The Kier molecular flexibility index (Phi) is 5.39. The van der Waals surface area contributed by atoms with Crippen LogP contribution in [0.1, 0.15) is 57.2 Å². The number of carbonyl (C=O) groups excluding carboxylic acids is 2. The highest BCUT2D eigenvalue weighted by atomic mass is 35.5. The molecular formula is C18H22ClN3O3S. The number of aromatic nitrogens is 2. The Morgan fingerprint density at radius 1 is 1.46 bits per heavy atom.